The summed E-state index contributed by atoms with van der Waals surface area (Å²) in [7, 11) is 0. The van der Waals surface area contributed by atoms with Gasteiger partial charge in [0.1, 0.15) is 0 Å². The van der Waals surface area contributed by atoms with Crippen molar-refractivity contribution in [3.8, 4) is 0 Å². The van der Waals surface area contributed by atoms with Crippen molar-refractivity contribution in [2.45, 2.75) is 24.9 Å². The van der Waals surface area contributed by atoms with Crippen molar-refractivity contribution < 1.29 is 13.2 Å². The first-order valence-corrected chi connectivity index (χ1v) is 5.53. The van der Waals surface area contributed by atoms with Gasteiger partial charge >= 0.3 is 6.18 Å². The maximum Gasteiger partial charge on any atom is 0.416 e. The van der Waals surface area contributed by atoms with Crippen molar-refractivity contribution in [1.29, 1.82) is 0 Å². The van der Waals surface area contributed by atoms with Crippen LogP contribution in [0.2, 0.25) is 0 Å². The van der Waals surface area contributed by atoms with E-state index in [0.717, 1.165) is 17.7 Å². The minimum Gasteiger partial charge on any atom is -0.166 e. The fourth-order valence-electron chi connectivity index (χ4n) is 1.19. The number of alkyl halides is 4. The Bertz CT molecular complexity index is 347. The van der Waals surface area contributed by atoms with Gasteiger partial charge in [-0.15, -0.1) is 11.6 Å². The molecule has 0 radical (unpaired) electrons. The molecule has 0 saturated heterocycles. The number of halogens is 5. The van der Waals surface area contributed by atoms with Gasteiger partial charge in [-0.2, -0.15) is 13.2 Å². The van der Waals surface area contributed by atoms with Gasteiger partial charge in [0, 0.05) is 9.85 Å². The zero-order valence-corrected chi connectivity index (χ0v) is 10.2. The smallest absolute Gasteiger partial charge is 0.166 e. The average molecular weight is 302 g/mol. The summed E-state index contributed by atoms with van der Waals surface area (Å²) >= 11 is 8.88. The van der Waals surface area contributed by atoms with Gasteiger partial charge in [0.25, 0.3) is 0 Å². The zero-order valence-electron chi connectivity index (χ0n) is 7.91. The van der Waals surface area contributed by atoms with Gasteiger partial charge in [0.15, 0.2) is 0 Å². The van der Waals surface area contributed by atoms with Crippen molar-refractivity contribution in [2.24, 2.45) is 0 Å². The minimum atomic E-state index is -4.30. The third-order valence-corrected chi connectivity index (χ3v) is 2.77. The number of hydrogen-bond donors (Lipinski definition) is 0. The molecule has 0 aliphatic carbocycles. The Morgan fingerprint density at radius 3 is 2.40 bits per heavy atom. The Hall–Kier alpha value is -0.220. The number of rotatable bonds is 2. The average Bonchev–Trinajstić information content (AvgIpc) is 2.05. The zero-order chi connectivity index (χ0) is 11.6. The van der Waals surface area contributed by atoms with Crippen molar-refractivity contribution in [3.63, 3.8) is 0 Å². The van der Waals surface area contributed by atoms with Crippen LogP contribution in [0.25, 0.3) is 0 Å². The number of benzene rings is 1. The summed E-state index contributed by atoms with van der Waals surface area (Å²) in [5.41, 5.74) is 0.130. The second kappa shape index (κ2) is 4.74. The molecule has 0 heterocycles. The molecule has 0 bridgehead atoms. The molecule has 0 fully saturated rings. The van der Waals surface area contributed by atoms with E-state index in [0.29, 0.717) is 10.9 Å². The van der Waals surface area contributed by atoms with E-state index >= 15 is 0 Å². The van der Waals surface area contributed by atoms with Crippen LogP contribution in [-0.4, -0.2) is 5.38 Å². The van der Waals surface area contributed by atoms with Crippen LogP contribution in [-0.2, 0) is 12.6 Å². The van der Waals surface area contributed by atoms with Crippen molar-refractivity contribution in [1.82, 2.24) is 0 Å². The molecule has 0 amide bonds. The summed E-state index contributed by atoms with van der Waals surface area (Å²) < 4.78 is 37.4. The minimum absolute atomic E-state index is 0.0990. The highest BCUT2D eigenvalue weighted by atomic mass is 79.9. The van der Waals surface area contributed by atoms with Crippen LogP contribution < -0.4 is 0 Å². The van der Waals surface area contributed by atoms with Crippen molar-refractivity contribution in [3.05, 3.63) is 33.8 Å². The molecule has 1 unspecified atom stereocenters. The van der Waals surface area contributed by atoms with Crippen LogP contribution in [0.3, 0.4) is 0 Å². The standard InChI is InChI=1S/C10H9BrClF3/c1-6(12)4-7-2-3-8(5-9(7)11)10(13,14)15/h2-3,5-6H,4H2,1H3. The van der Waals surface area contributed by atoms with Gasteiger partial charge in [0.2, 0.25) is 0 Å². The highest BCUT2D eigenvalue weighted by Gasteiger charge is 2.30. The van der Waals surface area contributed by atoms with Gasteiger partial charge in [-0.25, -0.2) is 0 Å². The topological polar surface area (TPSA) is 0 Å². The Morgan fingerprint density at radius 1 is 1.40 bits per heavy atom. The molecule has 84 valence electrons. The Kier molecular flexibility index (Phi) is 4.06. The summed E-state index contributed by atoms with van der Waals surface area (Å²) in [6.45, 7) is 1.80. The van der Waals surface area contributed by atoms with E-state index in [1.807, 2.05) is 0 Å². The fraction of sp³-hybridized carbons (Fsp3) is 0.400. The van der Waals surface area contributed by atoms with E-state index in [9.17, 15) is 13.2 Å². The van der Waals surface area contributed by atoms with Gasteiger partial charge in [-0.1, -0.05) is 22.0 Å². The molecule has 15 heavy (non-hydrogen) atoms. The second-order valence-electron chi connectivity index (χ2n) is 3.29. The van der Waals surface area contributed by atoms with E-state index in [-0.39, 0.29) is 5.38 Å². The SMILES string of the molecule is CC(Cl)Cc1ccc(C(F)(F)F)cc1Br. The van der Waals surface area contributed by atoms with Crippen LogP contribution >= 0.6 is 27.5 Å². The van der Waals surface area contributed by atoms with Gasteiger partial charge < -0.3 is 0 Å². The van der Waals surface area contributed by atoms with Crippen LogP contribution in [0.5, 0.6) is 0 Å². The summed E-state index contributed by atoms with van der Waals surface area (Å²) in [6.07, 6.45) is -3.76. The number of hydrogen-bond acceptors (Lipinski definition) is 0. The predicted octanol–water partition coefficient (Wildman–Crippen LogP) is 4.64. The predicted molar refractivity (Wildman–Crippen MR) is 58.2 cm³/mol. The molecule has 0 N–H and O–H groups in total. The summed E-state index contributed by atoms with van der Waals surface area (Å²) in [5, 5.41) is -0.0990. The third kappa shape index (κ3) is 3.68. The van der Waals surface area contributed by atoms with Gasteiger partial charge in [-0.3, -0.25) is 0 Å². The van der Waals surface area contributed by atoms with E-state index < -0.39 is 11.7 Å². The second-order valence-corrected chi connectivity index (χ2v) is 4.89. The maximum atomic E-state index is 12.3. The van der Waals surface area contributed by atoms with E-state index in [2.05, 4.69) is 15.9 Å². The van der Waals surface area contributed by atoms with Crippen LogP contribution in [0.1, 0.15) is 18.1 Å². The monoisotopic (exact) mass is 300 g/mol. The fourth-order valence-corrected chi connectivity index (χ4v) is 1.90. The molecular weight excluding hydrogens is 292 g/mol. The molecule has 1 aromatic carbocycles. The highest BCUT2D eigenvalue weighted by molar-refractivity contribution is 9.10. The van der Waals surface area contributed by atoms with E-state index in [1.165, 1.54) is 6.07 Å². The third-order valence-electron chi connectivity index (χ3n) is 1.88. The van der Waals surface area contributed by atoms with E-state index in [1.54, 1.807) is 6.92 Å². The summed E-state index contributed by atoms with van der Waals surface area (Å²) in [6, 6.07) is 3.60. The lowest BCUT2D eigenvalue weighted by Crippen LogP contribution is -2.06. The Morgan fingerprint density at radius 2 is 2.00 bits per heavy atom. The van der Waals surface area contributed by atoms with Crippen LogP contribution in [0.4, 0.5) is 13.2 Å². The molecule has 0 saturated carbocycles. The summed E-state index contributed by atoms with van der Waals surface area (Å²) in [4.78, 5) is 0. The lowest BCUT2D eigenvalue weighted by molar-refractivity contribution is -0.137. The lowest BCUT2D eigenvalue weighted by Gasteiger charge is -2.10. The Labute approximate surface area is 99.6 Å². The maximum absolute atomic E-state index is 12.3. The first kappa shape index (κ1) is 12.8. The van der Waals surface area contributed by atoms with Crippen LogP contribution in [0, 0.1) is 0 Å². The van der Waals surface area contributed by atoms with Gasteiger partial charge in [-0.05, 0) is 31.0 Å². The first-order chi connectivity index (χ1) is 6.80. The lowest BCUT2D eigenvalue weighted by atomic mass is 10.1. The molecule has 1 atom stereocenters. The van der Waals surface area contributed by atoms with Gasteiger partial charge in [0.05, 0.1) is 5.56 Å². The van der Waals surface area contributed by atoms with Crippen molar-refractivity contribution in [2.75, 3.05) is 0 Å². The molecule has 5 heteroatoms. The largest absolute Gasteiger partial charge is 0.416 e. The normalized spacial score (nSPS) is 14.0. The molecule has 1 aromatic rings. The molecule has 0 aliphatic rings. The molecular formula is C10H9BrClF3. The quantitative estimate of drug-likeness (QED) is 0.698. The summed E-state index contributed by atoms with van der Waals surface area (Å²) in [5.74, 6) is 0. The first-order valence-electron chi connectivity index (χ1n) is 4.30. The molecule has 0 aromatic heterocycles. The molecule has 0 aliphatic heterocycles. The van der Waals surface area contributed by atoms with Crippen molar-refractivity contribution >= 4 is 27.5 Å². The molecule has 1 rings (SSSR count). The highest BCUT2D eigenvalue weighted by Crippen LogP contribution is 2.32. The van der Waals surface area contributed by atoms with E-state index in [4.69, 9.17) is 11.6 Å². The Balaban J connectivity index is 2.98. The molecule has 0 spiro atoms. The van der Waals surface area contributed by atoms with Crippen LogP contribution in [0.15, 0.2) is 22.7 Å². The molecule has 0 nitrogen and oxygen atoms in total.